The van der Waals surface area contributed by atoms with Crippen LogP contribution in [0.1, 0.15) is 19.4 Å². The zero-order valence-corrected chi connectivity index (χ0v) is 23.5. The summed E-state index contributed by atoms with van der Waals surface area (Å²) in [6, 6.07) is 15.1. The van der Waals surface area contributed by atoms with E-state index < -0.39 is 30.4 Å². The van der Waals surface area contributed by atoms with Crippen molar-refractivity contribution >= 4 is 64.4 Å². The molecule has 0 bridgehead atoms. The van der Waals surface area contributed by atoms with Crippen LogP contribution >= 0.6 is 23.2 Å². The van der Waals surface area contributed by atoms with Gasteiger partial charge in [0.2, 0.25) is 0 Å². The monoisotopic (exact) mass is 597 g/mol. The second kappa shape index (κ2) is 13.2. The molecule has 1 heterocycles. The molecule has 0 aliphatic carbocycles. The van der Waals surface area contributed by atoms with E-state index in [9.17, 15) is 19.2 Å². The number of amides is 5. The molecule has 0 spiro atoms. The zero-order chi connectivity index (χ0) is 29.5. The van der Waals surface area contributed by atoms with Crippen molar-refractivity contribution in [3.63, 3.8) is 0 Å². The van der Waals surface area contributed by atoms with Crippen molar-refractivity contribution in [1.29, 1.82) is 0 Å². The number of carbonyl (C=O) groups excluding carboxylic acids is 4. The third kappa shape index (κ3) is 6.97. The Hall–Kier alpha value is -4.54. The number of para-hydroxylation sites is 1. The van der Waals surface area contributed by atoms with Crippen LogP contribution in [-0.4, -0.2) is 43.6 Å². The highest BCUT2D eigenvalue weighted by molar-refractivity contribution is 6.39. The van der Waals surface area contributed by atoms with Crippen molar-refractivity contribution in [2.75, 3.05) is 30.0 Å². The third-order valence-electron chi connectivity index (χ3n) is 5.65. The molecule has 4 rings (SSSR count). The van der Waals surface area contributed by atoms with E-state index in [0.717, 1.165) is 4.90 Å². The van der Waals surface area contributed by atoms with Crippen LogP contribution < -0.4 is 29.7 Å². The van der Waals surface area contributed by atoms with Gasteiger partial charge in [0, 0.05) is 0 Å². The minimum absolute atomic E-state index is 0.0662. The molecular weight excluding hydrogens is 573 g/mol. The standard InChI is InChI=1S/C29H25Cl2N3O7/c1-3-39-19-11-9-18(10-12-19)34-28(37)20(27(36)33-29(34)38)13-17-14-22(31)26(24(15-17)40-4-2)41-16-25(35)32-23-8-6-5-7-21(23)30/h5-15H,3-4,16H2,1-2H3,(H,32,35)(H,33,36,38)/b20-13+. The van der Waals surface area contributed by atoms with E-state index >= 15 is 0 Å². The maximum Gasteiger partial charge on any atom is 0.335 e. The van der Waals surface area contributed by atoms with E-state index in [2.05, 4.69) is 10.6 Å². The number of nitrogens with one attached hydrogen (secondary N) is 2. The van der Waals surface area contributed by atoms with Crippen molar-refractivity contribution in [3.05, 3.63) is 81.8 Å². The first-order chi connectivity index (χ1) is 19.7. The van der Waals surface area contributed by atoms with Crippen LogP contribution in [0.3, 0.4) is 0 Å². The summed E-state index contributed by atoms with van der Waals surface area (Å²) in [6.45, 7) is 3.86. The van der Waals surface area contributed by atoms with Crippen molar-refractivity contribution in [1.82, 2.24) is 5.32 Å². The van der Waals surface area contributed by atoms with Crippen LogP contribution in [0.5, 0.6) is 17.2 Å². The van der Waals surface area contributed by atoms with E-state index in [0.29, 0.717) is 28.6 Å². The summed E-state index contributed by atoms with van der Waals surface area (Å²) in [5, 5.41) is 5.26. The number of hydrogen-bond acceptors (Lipinski definition) is 7. The fourth-order valence-electron chi connectivity index (χ4n) is 3.88. The van der Waals surface area contributed by atoms with E-state index in [1.807, 2.05) is 6.92 Å². The number of ether oxygens (including phenoxy) is 3. The fourth-order valence-corrected chi connectivity index (χ4v) is 4.33. The number of anilines is 2. The highest BCUT2D eigenvalue weighted by Crippen LogP contribution is 2.38. The van der Waals surface area contributed by atoms with E-state index in [-0.39, 0.29) is 34.4 Å². The van der Waals surface area contributed by atoms with E-state index in [1.165, 1.54) is 30.3 Å². The Kier molecular flexibility index (Phi) is 9.49. The average molecular weight is 598 g/mol. The molecular formula is C29H25Cl2N3O7. The first kappa shape index (κ1) is 29.4. The molecule has 2 N–H and O–H groups in total. The van der Waals surface area contributed by atoms with Gasteiger partial charge < -0.3 is 19.5 Å². The van der Waals surface area contributed by atoms with Crippen molar-refractivity contribution < 1.29 is 33.4 Å². The lowest BCUT2D eigenvalue weighted by atomic mass is 10.1. The SMILES string of the molecule is CCOc1ccc(N2C(=O)NC(=O)/C(=C\c3cc(Cl)c(OCC(=O)Nc4ccccc4Cl)c(OCC)c3)C2=O)cc1. The van der Waals surface area contributed by atoms with Crippen LogP contribution in [0, 0.1) is 0 Å². The second-order valence-corrected chi connectivity index (χ2v) is 9.28. The number of hydrogen-bond donors (Lipinski definition) is 2. The predicted octanol–water partition coefficient (Wildman–Crippen LogP) is 5.47. The molecule has 5 amide bonds. The minimum atomic E-state index is -0.881. The van der Waals surface area contributed by atoms with Gasteiger partial charge in [-0.05, 0) is 74.0 Å². The highest BCUT2D eigenvalue weighted by atomic mass is 35.5. The summed E-state index contributed by atoms with van der Waals surface area (Å²) in [4.78, 5) is 51.7. The largest absolute Gasteiger partial charge is 0.494 e. The number of nitrogens with zero attached hydrogens (tertiary/aromatic N) is 1. The number of benzene rings is 3. The van der Waals surface area contributed by atoms with Gasteiger partial charge in [-0.25, -0.2) is 9.69 Å². The lowest BCUT2D eigenvalue weighted by Crippen LogP contribution is -2.54. The summed E-state index contributed by atoms with van der Waals surface area (Å²) < 4.78 is 16.7. The first-order valence-corrected chi connectivity index (χ1v) is 13.2. The molecule has 1 fully saturated rings. The first-order valence-electron chi connectivity index (χ1n) is 12.5. The molecule has 1 aliphatic heterocycles. The Morgan fingerprint density at radius 3 is 2.32 bits per heavy atom. The van der Waals surface area contributed by atoms with Crippen molar-refractivity contribution in [2.45, 2.75) is 13.8 Å². The summed E-state index contributed by atoms with van der Waals surface area (Å²) in [5.41, 5.74) is 0.700. The molecule has 0 radical (unpaired) electrons. The summed E-state index contributed by atoms with van der Waals surface area (Å²) >= 11 is 12.6. The lowest BCUT2D eigenvalue weighted by molar-refractivity contribution is -0.122. The number of barbiturate groups is 1. The molecule has 10 nitrogen and oxygen atoms in total. The predicted molar refractivity (Wildman–Crippen MR) is 155 cm³/mol. The highest BCUT2D eigenvalue weighted by Gasteiger charge is 2.37. The number of carbonyl (C=O) groups is 4. The van der Waals surface area contributed by atoms with Gasteiger partial charge in [0.1, 0.15) is 11.3 Å². The third-order valence-corrected chi connectivity index (χ3v) is 6.26. The molecule has 212 valence electrons. The zero-order valence-electron chi connectivity index (χ0n) is 22.0. The quantitative estimate of drug-likeness (QED) is 0.234. The van der Waals surface area contributed by atoms with Crippen LogP contribution in [0.4, 0.5) is 16.2 Å². The van der Waals surface area contributed by atoms with Crippen LogP contribution in [0.25, 0.3) is 6.08 Å². The van der Waals surface area contributed by atoms with E-state index in [4.69, 9.17) is 37.4 Å². The smallest absolute Gasteiger partial charge is 0.335 e. The van der Waals surface area contributed by atoms with Gasteiger partial charge in [0.05, 0.1) is 34.6 Å². The Balaban J connectivity index is 1.57. The van der Waals surface area contributed by atoms with Crippen molar-refractivity contribution in [2.24, 2.45) is 0 Å². The number of urea groups is 1. The summed E-state index contributed by atoms with van der Waals surface area (Å²) in [5.74, 6) is -1.33. The van der Waals surface area contributed by atoms with Gasteiger partial charge in [-0.3, -0.25) is 19.7 Å². The van der Waals surface area contributed by atoms with Gasteiger partial charge in [-0.2, -0.15) is 0 Å². The van der Waals surface area contributed by atoms with Gasteiger partial charge >= 0.3 is 6.03 Å². The molecule has 0 unspecified atom stereocenters. The van der Waals surface area contributed by atoms with Gasteiger partial charge in [0.25, 0.3) is 17.7 Å². The lowest BCUT2D eigenvalue weighted by Gasteiger charge is -2.26. The maximum atomic E-state index is 13.3. The Morgan fingerprint density at radius 2 is 1.63 bits per heavy atom. The molecule has 3 aromatic carbocycles. The van der Waals surface area contributed by atoms with Gasteiger partial charge in [-0.1, -0.05) is 35.3 Å². The topological polar surface area (TPSA) is 123 Å². The average Bonchev–Trinajstić information content (AvgIpc) is 2.93. The second-order valence-electron chi connectivity index (χ2n) is 8.46. The van der Waals surface area contributed by atoms with Crippen molar-refractivity contribution in [3.8, 4) is 17.2 Å². The summed E-state index contributed by atoms with van der Waals surface area (Å²) in [6.07, 6.45) is 1.29. The number of halogens is 2. The van der Waals surface area contributed by atoms with Gasteiger partial charge in [0.15, 0.2) is 18.1 Å². The fraction of sp³-hybridized carbons (Fsp3) is 0.172. The molecule has 1 saturated heterocycles. The minimum Gasteiger partial charge on any atom is -0.494 e. The maximum absolute atomic E-state index is 13.3. The van der Waals surface area contributed by atoms with E-state index in [1.54, 1.807) is 43.3 Å². The molecule has 41 heavy (non-hydrogen) atoms. The van der Waals surface area contributed by atoms with Crippen LogP contribution in [0.15, 0.2) is 66.2 Å². The Labute approximate surface area is 245 Å². The van der Waals surface area contributed by atoms with Crippen LogP contribution in [0.2, 0.25) is 10.0 Å². The number of imide groups is 2. The van der Waals surface area contributed by atoms with Crippen LogP contribution in [-0.2, 0) is 14.4 Å². The molecule has 3 aromatic rings. The Morgan fingerprint density at radius 1 is 0.927 bits per heavy atom. The molecule has 0 saturated carbocycles. The normalized spacial score (nSPS) is 14.1. The molecule has 0 aromatic heterocycles. The van der Waals surface area contributed by atoms with Gasteiger partial charge in [-0.15, -0.1) is 0 Å². The molecule has 12 heteroatoms. The molecule has 0 atom stereocenters. The number of rotatable bonds is 10. The summed E-state index contributed by atoms with van der Waals surface area (Å²) in [7, 11) is 0. The molecule has 1 aliphatic rings. The Bertz CT molecular complexity index is 1520.